The van der Waals surface area contributed by atoms with Crippen molar-refractivity contribution in [2.75, 3.05) is 13.2 Å². The minimum absolute atomic E-state index is 0.0190. The zero-order valence-corrected chi connectivity index (χ0v) is 19.2. The molecule has 0 radical (unpaired) electrons. The summed E-state index contributed by atoms with van der Waals surface area (Å²) in [6.07, 6.45) is -16.2. The maximum Gasteiger partial charge on any atom is 0.279 e. The molecule has 4 aliphatic rings. The Morgan fingerprint density at radius 3 is 1.28 bits per heavy atom. The molecule has 36 heavy (non-hydrogen) atoms. The molecule has 2 unspecified atom stereocenters. The number of ether oxygens (including phenoxy) is 2. The largest absolute Gasteiger partial charge is 0.394 e. The molecule has 2 amide bonds. The van der Waals surface area contributed by atoms with Gasteiger partial charge in [-0.3, -0.25) is 9.59 Å². The Hall–Kier alpha value is -2.38. The van der Waals surface area contributed by atoms with Crippen LogP contribution in [0.5, 0.6) is 0 Å². The summed E-state index contributed by atoms with van der Waals surface area (Å²) in [6.45, 7) is 1.33. The second-order valence-corrected chi connectivity index (χ2v) is 8.86. The highest BCUT2D eigenvalue weighted by Crippen LogP contribution is 2.33. The number of hydrogen-bond acceptors (Lipinski definition) is 14. The summed E-state index contributed by atoms with van der Waals surface area (Å²) in [5, 5.41) is 89.1. The topological polar surface area (TPSA) is 246 Å². The first-order valence-electron chi connectivity index (χ1n) is 11.1. The van der Waals surface area contributed by atoms with Crippen LogP contribution >= 0.6 is 0 Å². The van der Waals surface area contributed by atoms with Crippen molar-refractivity contribution < 1.29 is 59.9 Å². The molecule has 16 heteroatoms. The lowest BCUT2D eigenvalue weighted by Crippen LogP contribution is -2.63. The predicted molar refractivity (Wildman–Crippen MR) is 114 cm³/mol. The predicted octanol–water partition coefficient (Wildman–Crippen LogP) is -5.68. The third-order valence-corrected chi connectivity index (χ3v) is 6.55. The van der Waals surface area contributed by atoms with E-state index in [0.717, 1.165) is 0 Å². The van der Waals surface area contributed by atoms with Crippen molar-refractivity contribution in [3.05, 3.63) is 11.1 Å². The van der Waals surface area contributed by atoms with Gasteiger partial charge >= 0.3 is 0 Å². The Balaban J connectivity index is 1.63. The number of nitrogens with zero attached hydrogens (tertiary/aromatic N) is 4. The van der Waals surface area contributed by atoms with Gasteiger partial charge in [-0.15, -0.1) is 0 Å². The van der Waals surface area contributed by atoms with E-state index in [1.807, 2.05) is 0 Å². The van der Waals surface area contributed by atoms with E-state index in [2.05, 4.69) is 10.2 Å². The van der Waals surface area contributed by atoms with E-state index in [9.17, 15) is 50.4 Å². The molecule has 10 atom stereocenters. The summed E-state index contributed by atoms with van der Waals surface area (Å²) in [4.78, 5) is 26.6. The third kappa shape index (κ3) is 4.04. The van der Waals surface area contributed by atoms with Crippen molar-refractivity contribution in [2.45, 2.75) is 75.1 Å². The molecule has 0 aromatic carbocycles. The second-order valence-electron chi connectivity index (χ2n) is 8.86. The smallest absolute Gasteiger partial charge is 0.279 e. The van der Waals surface area contributed by atoms with Gasteiger partial charge in [-0.25, -0.2) is 0 Å². The quantitative estimate of drug-likeness (QED) is 0.163. The third-order valence-electron chi connectivity index (χ3n) is 6.55. The standard InChI is InChI=1S/C20H28N4O12/c1-5-9(17(33)23(21-5)19-15(31)13(29)11(27)7(3-25)35-19)10-6(2)22-24(18(10)34)20-16(32)14(30)12(28)8(4-26)36-20/h7-8,11-16,19-20,25-32H,3-4H2,1-2H3/b10-9+/t7-,8-,11-,12-,13+,14+,15-,16-,19?,20?/m1/s1. The second kappa shape index (κ2) is 9.82. The number of aliphatic hydroxyl groups excluding tert-OH is 8. The number of amides is 2. The van der Waals surface area contributed by atoms with Crippen LogP contribution in [0.25, 0.3) is 0 Å². The van der Waals surface area contributed by atoms with Crippen molar-refractivity contribution in [1.82, 2.24) is 10.0 Å². The lowest BCUT2D eigenvalue weighted by molar-refractivity contribution is -0.261. The molecule has 4 rings (SSSR count). The van der Waals surface area contributed by atoms with Crippen LogP contribution in [0, 0.1) is 0 Å². The number of carbonyl (C=O) groups excluding carboxylic acids is 2. The van der Waals surface area contributed by atoms with Crippen LogP contribution in [0.2, 0.25) is 0 Å². The van der Waals surface area contributed by atoms with Crippen molar-refractivity contribution >= 4 is 23.2 Å². The Labute approximate surface area is 203 Å². The van der Waals surface area contributed by atoms with Gasteiger partial charge in [0.15, 0.2) is 12.5 Å². The maximum absolute atomic E-state index is 13.3. The number of hydrogen-bond donors (Lipinski definition) is 8. The molecule has 0 aromatic heterocycles. The maximum atomic E-state index is 13.3. The number of hydrazone groups is 2. The van der Waals surface area contributed by atoms with Crippen LogP contribution in [0.15, 0.2) is 21.3 Å². The molecule has 200 valence electrons. The average molecular weight is 516 g/mol. The van der Waals surface area contributed by atoms with Gasteiger partial charge in [-0.1, -0.05) is 0 Å². The van der Waals surface area contributed by atoms with Gasteiger partial charge in [0.25, 0.3) is 11.8 Å². The molecule has 4 aliphatic heterocycles. The molecule has 2 fully saturated rings. The Morgan fingerprint density at radius 1 is 0.639 bits per heavy atom. The van der Waals surface area contributed by atoms with Crippen molar-refractivity contribution in [1.29, 1.82) is 0 Å². The van der Waals surface area contributed by atoms with Crippen LogP contribution in [0.3, 0.4) is 0 Å². The van der Waals surface area contributed by atoms with Crippen LogP contribution < -0.4 is 0 Å². The van der Waals surface area contributed by atoms with Gasteiger partial charge in [0.1, 0.15) is 48.8 Å². The van der Waals surface area contributed by atoms with E-state index in [1.165, 1.54) is 13.8 Å². The van der Waals surface area contributed by atoms with Crippen molar-refractivity contribution in [3.63, 3.8) is 0 Å². The summed E-state index contributed by atoms with van der Waals surface area (Å²) in [6, 6.07) is 0. The SMILES string of the molecule is CC1=NN(C2O[C@H](CO)[C@@H](O)[C@H](O)[C@H]2O)C(=O)/C1=C1/C(=O)N(C2O[C@H](CO)[C@@H](O)[C@H](O)[C@H]2O)N=C1C. The fourth-order valence-electron chi connectivity index (χ4n) is 4.54. The van der Waals surface area contributed by atoms with E-state index in [-0.39, 0.29) is 22.6 Å². The fourth-order valence-corrected chi connectivity index (χ4v) is 4.54. The van der Waals surface area contributed by atoms with E-state index >= 15 is 0 Å². The van der Waals surface area contributed by atoms with E-state index in [1.54, 1.807) is 0 Å². The number of aliphatic hydroxyl groups is 8. The molecule has 0 bridgehead atoms. The summed E-state index contributed by atoms with van der Waals surface area (Å²) < 4.78 is 10.8. The Bertz CT molecular complexity index is 935. The molecule has 0 spiro atoms. The van der Waals surface area contributed by atoms with Crippen molar-refractivity contribution in [2.24, 2.45) is 10.2 Å². The minimum atomic E-state index is -1.80. The van der Waals surface area contributed by atoms with Crippen LogP contribution in [0.4, 0.5) is 0 Å². The fraction of sp³-hybridized carbons (Fsp3) is 0.700. The molecule has 0 aliphatic carbocycles. The lowest BCUT2D eigenvalue weighted by atomic mass is 9.96. The van der Waals surface area contributed by atoms with Crippen molar-refractivity contribution in [3.8, 4) is 0 Å². The van der Waals surface area contributed by atoms with Crippen LogP contribution in [-0.4, -0.2) is 149 Å². The first-order valence-corrected chi connectivity index (χ1v) is 11.1. The first-order chi connectivity index (χ1) is 16.9. The summed E-state index contributed by atoms with van der Waals surface area (Å²) in [5.41, 5.74) is -0.424. The van der Waals surface area contributed by atoms with E-state index in [0.29, 0.717) is 10.0 Å². The van der Waals surface area contributed by atoms with Gasteiger partial charge in [-0.2, -0.15) is 20.2 Å². The van der Waals surface area contributed by atoms with Gasteiger partial charge in [0.05, 0.1) is 35.8 Å². The van der Waals surface area contributed by atoms with E-state index in [4.69, 9.17) is 9.47 Å². The average Bonchev–Trinajstić information content (AvgIpc) is 3.29. The van der Waals surface area contributed by atoms with E-state index < -0.39 is 86.3 Å². The molecule has 8 N–H and O–H groups in total. The first kappa shape index (κ1) is 26.7. The molecule has 2 saturated heterocycles. The Kier molecular flexibility index (Phi) is 7.28. The number of carbonyl (C=O) groups is 2. The zero-order valence-electron chi connectivity index (χ0n) is 19.2. The molecule has 0 saturated carbocycles. The molecule has 16 nitrogen and oxygen atoms in total. The lowest BCUT2D eigenvalue weighted by Gasteiger charge is -2.42. The monoisotopic (exact) mass is 516 g/mol. The zero-order chi connectivity index (χ0) is 26.6. The molecular weight excluding hydrogens is 488 g/mol. The van der Waals surface area contributed by atoms with Gasteiger partial charge in [0, 0.05) is 0 Å². The van der Waals surface area contributed by atoms with Gasteiger partial charge < -0.3 is 50.3 Å². The highest BCUT2D eigenvalue weighted by molar-refractivity contribution is 6.36. The normalized spacial score (nSPS) is 43.8. The summed E-state index contributed by atoms with van der Waals surface area (Å²) >= 11 is 0. The molecular formula is C20H28N4O12. The number of rotatable bonds is 4. The van der Waals surface area contributed by atoms with Crippen LogP contribution in [-0.2, 0) is 19.1 Å². The van der Waals surface area contributed by atoms with Crippen LogP contribution in [0.1, 0.15) is 13.8 Å². The highest BCUT2D eigenvalue weighted by Gasteiger charge is 2.52. The summed E-state index contributed by atoms with van der Waals surface area (Å²) in [5.74, 6) is -1.82. The highest BCUT2D eigenvalue weighted by atomic mass is 16.6. The molecule has 4 heterocycles. The van der Waals surface area contributed by atoms with Gasteiger partial charge in [0.2, 0.25) is 0 Å². The minimum Gasteiger partial charge on any atom is -0.394 e. The molecule has 0 aromatic rings. The Morgan fingerprint density at radius 2 is 0.972 bits per heavy atom. The summed E-state index contributed by atoms with van der Waals surface area (Å²) in [7, 11) is 0. The van der Waals surface area contributed by atoms with Gasteiger partial charge in [-0.05, 0) is 13.8 Å².